The van der Waals surface area contributed by atoms with Crippen molar-refractivity contribution in [3.63, 3.8) is 0 Å². The Labute approximate surface area is 212 Å². The zero-order valence-corrected chi connectivity index (χ0v) is 20.5. The molecule has 190 valence electrons. The van der Waals surface area contributed by atoms with Gasteiger partial charge in [-0.25, -0.2) is 4.79 Å². The zero-order chi connectivity index (χ0) is 26.5. The molecule has 11 nitrogen and oxygen atoms in total. The van der Waals surface area contributed by atoms with Gasteiger partial charge in [0.05, 0.1) is 35.8 Å². The average Bonchev–Trinajstić information content (AvgIpc) is 3.35. The van der Waals surface area contributed by atoms with E-state index >= 15 is 0 Å². The van der Waals surface area contributed by atoms with E-state index in [0.29, 0.717) is 42.0 Å². The lowest BCUT2D eigenvalue weighted by Gasteiger charge is -2.29. The molecule has 0 fully saturated rings. The third kappa shape index (κ3) is 5.46. The van der Waals surface area contributed by atoms with Gasteiger partial charge in [0.25, 0.3) is 11.6 Å². The van der Waals surface area contributed by atoms with E-state index < -0.39 is 16.8 Å². The molecule has 0 bridgehead atoms. The van der Waals surface area contributed by atoms with Gasteiger partial charge < -0.3 is 14.6 Å². The fourth-order valence-corrected chi connectivity index (χ4v) is 4.34. The fourth-order valence-electron chi connectivity index (χ4n) is 4.34. The lowest BCUT2D eigenvalue weighted by atomic mass is 9.80. The minimum atomic E-state index is -0.927. The molecule has 0 spiro atoms. The lowest BCUT2D eigenvalue weighted by molar-refractivity contribution is -0.384. The molecule has 0 radical (unpaired) electrons. The Morgan fingerprint density at radius 3 is 2.65 bits per heavy atom. The second kappa shape index (κ2) is 11.0. The van der Waals surface area contributed by atoms with Gasteiger partial charge in [-0.3, -0.25) is 19.8 Å². The SMILES string of the molecule is COC(=O)C1=C(C=O)NC(C)=C(c2nc(CN(C)Cc3ccccc3)no2)C1c1cccc([N+](=O)[O-])c1. The van der Waals surface area contributed by atoms with Crippen LogP contribution in [0.1, 0.15) is 35.7 Å². The number of nitro groups is 1. The van der Waals surface area contributed by atoms with Crippen LogP contribution in [0.3, 0.4) is 0 Å². The molecule has 1 aliphatic rings. The normalized spacial score (nSPS) is 15.5. The highest BCUT2D eigenvalue weighted by Gasteiger charge is 2.38. The number of allylic oxidation sites excluding steroid dienone is 3. The van der Waals surface area contributed by atoms with Gasteiger partial charge in [0.2, 0.25) is 0 Å². The summed E-state index contributed by atoms with van der Waals surface area (Å²) in [6.07, 6.45) is 0.509. The number of esters is 1. The molecule has 1 unspecified atom stereocenters. The number of aldehydes is 1. The molecule has 2 heterocycles. The Morgan fingerprint density at radius 2 is 1.97 bits per heavy atom. The second-order valence-corrected chi connectivity index (χ2v) is 8.56. The first-order valence-corrected chi connectivity index (χ1v) is 11.4. The Kier molecular flexibility index (Phi) is 7.54. The number of carbonyl (C=O) groups is 2. The summed E-state index contributed by atoms with van der Waals surface area (Å²) in [7, 11) is 3.12. The lowest BCUT2D eigenvalue weighted by Crippen LogP contribution is -2.30. The zero-order valence-electron chi connectivity index (χ0n) is 20.5. The van der Waals surface area contributed by atoms with Gasteiger partial charge >= 0.3 is 5.97 Å². The number of hydrogen-bond donors (Lipinski definition) is 1. The summed E-state index contributed by atoms with van der Waals surface area (Å²) in [5, 5.41) is 18.5. The second-order valence-electron chi connectivity index (χ2n) is 8.56. The molecule has 37 heavy (non-hydrogen) atoms. The quantitative estimate of drug-likeness (QED) is 0.200. The smallest absolute Gasteiger partial charge is 0.336 e. The molecular formula is C26H25N5O6. The van der Waals surface area contributed by atoms with Crippen LogP contribution in [0.5, 0.6) is 0 Å². The van der Waals surface area contributed by atoms with Gasteiger partial charge in [0.15, 0.2) is 12.1 Å². The van der Waals surface area contributed by atoms with Crippen LogP contribution < -0.4 is 5.32 Å². The number of dihydropyridines is 1. The van der Waals surface area contributed by atoms with Crippen molar-refractivity contribution in [2.75, 3.05) is 14.2 Å². The summed E-state index contributed by atoms with van der Waals surface area (Å²) >= 11 is 0. The van der Waals surface area contributed by atoms with E-state index in [1.807, 2.05) is 42.3 Å². The number of nitro benzene ring substituents is 1. The summed E-state index contributed by atoms with van der Waals surface area (Å²) in [5.74, 6) is -1.16. The Balaban J connectivity index is 1.73. The Morgan fingerprint density at radius 1 is 1.22 bits per heavy atom. The summed E-state index contributed by atoms with van der Waals surface area (Å²) in [4.78, 5) is 42.2. The molecule has 0 aliphatic carbocycles. The van der Waals surface area contributed by atoms with Crippen molar-refractivity contribution in [2.45, 2.75) is 25.9 Å². The first-order chi connectivity index (χ1) is 17.8. The first kappa shape index (κ1) is 25.5. The topological polar surface area (TPSA) is 141 Å². The van der Waals surface area contributed by atoms with Crippen LogP contribution in [0, 0.1) is 10.1 Å². The highest BCUT2D eigenvalue weighted by atomic mass is 16.6. The van der Waals surface area contributed by atoms with E-state index in [-0.39, 0.29) is 22.8 Å². The largest absolute Gasteiger partial charge is 0.466 e. The monoisotopic (exact) mass is 503 g/mol. The van der Waals surface area contributed by atoms with Crippen molar-refractivity contribution in [1.29, 1.82) is 0 Å². The number of nitrogens with one attached hydrogen (secondary N) is 1. The van der Waals surface area contributed by atoms with Crippen LogP contribution in [0.4, 0.5) is 5.69 Å². The van der Waals surface area contributed by atoms with E-state index in [9.17, 15) is 19.7 Å². The Bertz CT molecular complexity index is 1400. The molecule has 1 aliphatic heterocycles. The van der Waals surface area contributed by atoms with E-state index in [1.54, 1.807) is 13.0 Å². The number of aromatic nitrogens is 2. The van der Waals surface area contributed by atoms with E-state index in [1.165, 1.54) is 25.3 Å². The van der Waals surface area contributed by atoms with Gasteiger partial charge in [-0.1, -0.05) is 47.6 Å². The highest BCUT2D eigenvalue weighted by Crippen LogP contribution is 2.43. The molecule has 0 saturated carbocycles. The maximum atomic E-state index is 12.8. The number of rotatable bonds is 9. The van der Waals surface area contributed by atoms with Crippen LogP contribution in [0.2, 0.25) is 0 Å². The first-order valence-electron chi connectivity index (χ1n) is 11.4. The summed E-state index contributed by atoms with van der Waals surface area (Å²) in [5.41, 5.74) is 2.23. The van der Waals surface area contributed by atoms with Crippen LogP contribution in [0.25, 0.3) is 5.57 Å². The predicted octanol–water partition coefficient (Wildman–Crippen LogP) is 3.35. The van der Waals surface area contributed by atoms with Gasteiger partial charge in [-0.15, -0.1) is 0 Å². The minimum absolute atomic E-state index is 0.00746. The molecule has 3 aromatic rings. The number of benzene rings is 2. The van der Waals surface area contributed by atoms with Crippen LogP contribution in [-0.2, 0) is 27.4 Å². The third-order valence-corrected chi connectivity index (χ3v) is 5.94. The van der Waals surface area contributed by atoms with Crippen LogP contribution in [-0.4, -0.2) is 46.4 Å². The minimum Gasteiger partial charge on any atom is -0.466 e. The van der Waals surface area contributed by atoms with Gasteiger partial charge in [0.1, 0.15) is 0 Å². The highest BCUT2D eigenvalue weighted by molar-refractivity contribution is 6.01. The number of non-ortho nitro benzene ring substituents is 1. The number of carbonyl (C=O) groups excluding carboxylic acids is 2. The summed E-state index contributed by atoms with van der Waals surface area (Å²) in [6.45, 7) is 2.75. The number of hydrogen-bond acceptors (Lipinski definition) is 10. The van der Waals surface area contributed by atoms with Gasteiger partial charge in [0, 0.05) is 29.9 Å². The predicted molar refractivity (Wildman–Crippen MR) is 133 cm³/mol. The van der Waals surface area contributed by atoms with E-state index in [4.69, 9.17) is 9.26 Å². The van der Waals surface area contributed by atoms with Crippen molar-refractivity contribution in [1.82, 2.24) is 20.4 Å². The van der Waals surface area contributed by atoms with Crippen molar-refractivity contribution < 1.29 is 23.8 Å². The molecule has 11 heteroatoms. The van der Waals surface area contributed by atoms with Crippen LogP contribution in [0.15, 0.2) is 76.1 Å². The fraction of sp³-hybridized carbons (Fsp3) is 0.231. The van der Waals surface area contributed by atoms with Crippen molar-refractivity contribution in [3.8, 4) is 0 Å². The maximum absolute atomic E-state index is 12.8. The van der Waals surface area contributed by atoms with Crippen molar-refractivity contribution in [3.05, 3.63) is 105 Å². The van der Waals surface area contributed by atoms with Gasteiger partial charge in [-0.05, 0) is 25.1 Å². The molecule has 2 aromatic carbocycles. The molecule has 0 saturated heterocycles. The maximum Gasteiger partial charge on any atom is 0.336 e. The molecule has 1 atom stereocenters. The summed E-state index contributed by atoms with van der Waals surface area (Å²) in [6, 6.07) is 15.8. The third-order valence-electron chi connectivity index (χ3n) is 5.94. The van der Waals surface area contributed by atoms with E-state index in [0.717, 1.165) is 5.56 Å². The number of nitrogens with zero attached hydrogens (tertiary/aromatic N) is 4. The molecule has 1 aromatic heterocycles. The van der Waals surface area contributed by atoms with Crippen molar-refractivity contribution >= 4 is 23.5 Å². The van der Waals surface area contributed by atoms with Gasteiger partial charge in [-0.2, -0.15) is 4.98 Å². The molecule has 4 rings (SSSR count). The molecular weight excluding hydrogens is 478 g/mol. The Hall–Kier alpha value is -4.64. The summed E-state index contributed by atoms with van der Waals surface area (Å²) < 4.78 is 10.6. The molecule has 0 amide bonds. The number of ether oxygens (including phenoxy) is 1. The van der Waals surface area contributed by atoms with Crippen molar-refractivity contribution in [2.24, 2.45) is 0 Å². The number of methoxy groups -OCH3 is 1. The standard InChI is InChI=1S/C26H25N5O6/c1-16-22(25-28-21(29-37-25)14-30(2)13-17-8-5-4-6-9-17)23(18-10-7-11-19(12-18)31(34)35)24(26(33)36-3)20(15-32)27-16/h4-12,15,23,27H,13-14H2,1-3H3. The van der Waals surface area contributed by atoms with Crippen LogP contribution >= 0.6 is 0 Å². The molecule has 1 N–H and O–H groups in total. The van der Waals surface area contributed by atoms with E-state index in [2.05, 4.69) is 15.5 Å². The average molecular weight is 504 g/mol.